The van der Waals surface area contributed by atoms with E-state index < -0.39 is 0 Å². The zero-order chi connectivity index (χ0) is 12.7. The van der Waals surface area contributed by atoms with Gasteiger partial charge in [0.1, 0.15) is 11.3 Å². The number of hydrogen-bond donors (Lipinski definition) is 1. The minimum absolute atomic E-state index is 0.605. The lowest BCUT2D eigenvalue weighted by Crippen LogP contribution is -1.97. The molecule has 0 spiro atoms. The molecule has 0 fully saturated rings. The van der Waals surface area contributed by atoms with Gasteiger partial charge >= 0.3 is 0 Å². The van der Waals surface area contributed by atoms with Crippen LogP contribution in [0.5, 0.6) is 5.75 Å². The Balaban J connectivity index is 2.36. The molecule has 1 N–H and O–H groups in total. The van der Waals surface area contributed by atoms with Crippen molar-refractivity contribution in [1.29, 1.82) is 0 Å². The summed E-state index contributed by atoms with van der Waals surface area (Å²) in [5, 5.41) is 4.37. The maximum absolute atomic E-state index is 5.35. The third kappa shape index (κ3) is 1.53. The van der Waals surface area contributed by atoms with Crippen LogP contribution in [0.25, 0.3) is 16.9 Å². The molecule has 3 aromatic rings. The van der Waals surface area contributed by atoms with E-state index in [0.717, 1.165) is 22.6 Å². The van der Waals surface area contributed by atoms with Crippen LogP contribution in [0.3, 0.4) is 0 Å². The van der Waals surface area contributed by atoms with Crippen molar-refractivity contribution in [3.8, 4) is 11.6 Å². The van der Waals surface area contributed by atoms with Gasteiger partial charge in [-0.1, -0.05) is 6.07 Å². The first-order valence-corrected chi connectivity index (χ1v) is 5.89. The number of H-pyrrole nitrogens is 1. The molecule has 0 aliphatic rings. The molecular formula is C12H12N4OS. The van der Waals surface area contributed by atoms with Crippen LogP contribution in [0.1, 0.15) is 0 Å². The average Bonchev–Trinajstić information content (AvgIpc) is 2.91. The number of aromatic amines is 1. The summed E-state index contributed by atoms with van der Waals surface area (Å²) in [6.45, 7) is 0. The van der Waals surface area contributed by atoms with Gasteiger partial charge in [0, 0.05) is 19.3 Å². The molecule has 0 radical (unpaired) electrons. The minimum atomic E-state index is 0.605. The molecule has 6 heteroatoms. The fourth-order valence-electron chi connectivity index (χ4n) is 2.02. The molecule has 0 aliphatic carbocycles. The van der Waals surface area contributed by atoms with Crippen LogP contribution in [0, 0.1) is 4.77 Å². The highest BCUT2D eigenvalue weighted by atomic mass is 32.1. The summed E-state index contributed by atoms with van der Waals surface area (Å²) in [6.07, 6.45) is 1.89. The smallest absolute Gasteiger partial charge is 0.184 e. The van der Waals surface area contributed by atoms with Crippen LogP contribution in [-0.4, -0.2) is 26.4 Å². The van der Waals surface area contributed by atoms with Crippen LogP contribution in [0.2, 0.25) is 0 Å². The minimum Gasteiger partial charge on any atom is -0.494 e. The van der Waals surface area contributed by atoms with E-state index in [4.69, 9.17) is 17.0 Å². The lowest BCUT2D eigenvalue weighted by molar-refractivity contribution is 0.419. The maximum Gasteiger partial charge on any atom is 0.184 e. The van der Waals surface area contributed by atoms with E-state index in [2.05, 4.69) is 10.1 Å². The third-order valence-corrected chi connectivity index (χ3v) is 3.11. The van der Waals surface area contributed by atoms with Crippen LogP contribution in [0.15, 0.2) is 30.5 Å². The normalized spacial score (nSPS) is 11.0. The molecule has 1 aromatic carbocycles. The van der Waals surface area contributed by atoms with Crippen molar-refractivity contribution in [1.82, 2.24) is 19.3 Å². The van der Waals surface area contributed by atoms with Crippen molar-refractivity contribution in [2.75, 3.05) is 7.11 Å². The van der Waals surface area contributed by atoms with E-state index >= 15 is 0 Å². The second kappa shape index (κ2) is 3.99. The van der Waals surface area contributed by atoms with Crippen LogP contribution >= 0.6 is 12.2 Å². The topological polar surface area (TPSA) is 47.8 Å². The number of fused-ring (bicyclic) bond motifs is 1. The first kappa shape index (κ1) is 11.0. The first-order valence-electron chi connectivity index (χ1n) is 5.48. The molecule has 0 saturated carbocycles. The second-order valence-electron chi connectivity index (χ2n) is 3.97. The van der Waals surface area contributed by atoms with Gasteiger partial charge in [-0.25, -0.2) is 0 Å². The molecule has 18 heavy (non-hydrogen) atoms. The van der Waals surface area contributed by atoms with E-state index in [1.165, 1.54) is 0 Å². The third-order valence-electron chi connectivity index (χ3n) is 2.83. The number of imidazole rings is 1. The predicted octanol–water partition coefficient (Wildman–Crippen LogP) is 2.43. The molecule has 0 aliphatic heterocycles. The van der Waals surface area contributed by atoms with Gasteiger partial charge in [0.2, 0.25) is 0 Å². The first-order chi connectivity index (χ1) is 8.70. The molecule has 0 unspecified atom stereocenters. The van der Waals surface area contributed by atoms with Crippen molar-refractivity contribution in [3.05, 3.63) is 35.2 Å². The standard InChI is InChI=1S/C12H12N4OS/c1-15-7-6-10(14-15)16-8-4-3-5-9(17-2)11(8)13-12(16)18/h3-7H,1-2H3,(H,13,18). The Bertz CT molecular complexity index is 768. The number of para-hydroxylation sites is 1. The monoisotopic (exact) mass is 260 g/mol. The molecule has 2 heterocycles. The van der Waals surface area contributed by atoms with E-state index in [0.29, 0.717) is 4.77 Å². The fraction of sp³-hybridized carbons (Fsp3) is 0.167. The second-order valence-corrected chi connectivity index (χ2v) is 4.35. The molecular weight excluding hydrogens is 248 g/mol. The fourth-order valence-corrected chi connectivity index (χ4v) is 2.32. The van der Waals surface area contributed by atoms with Crippen molar-refractivity contribution in [2.24, 2.45) is 7.05 Å². The zero-order valence-electron chi connectivity index (χ0n) is 10.0. The highest BCUT2D eigenvalue weighted by Crippen LogP contribution is 2.26. The quantitative estimate of drug-likeness (QED) is 0.720. The number of aromatic nitrogens is 4. The Morgan fingerprint density at radius 3 is 2.83 bits per heavy atom. The zero-order valence-corrected chi connectivity index (χ0v) is 10.9. The molecule has 0 bridgehead atoms. The van der Waals surface area contributed by atoms with Crippen LogP contribution in [-0.2, 0) is 7.05 Å². The Hall–Kier alpha value is -2.08. The number of hydrogen-bond acceptors (Lipinski definition) is 3. The Morgan fingerprint density at radius 1 is 1.33 bits per heavy atom. The number of benzene rings is 1. The average molecular weight is 260 g/mol. The Kier molecular flexibility index (Phi) is 2.45. The summed E-state index contributed by atoms with van der Waals surface area (Å²) >= 11 is 5.35. The van der Waals surface area contributed by atoms with Gasteiger partial charge in [-0.3, -0.25) is 9.25 Å². The van der Waals surface area contributed by atoms with Gasteiger partial charge in [0.15, 0.2) is 10.6 Å². The van der Waals surface area contributed by atoms with E-state index in [1.54, 1.807) is 11.8 Å². The molecule has 0 saturated heterocycles. The highest BCUT2D eigenvalue weighted by molar-refractivity contribution is 7.71. The van der Waals surface area contributed by atoms with Gasteiger partial charge in [-0.05, 0) is 24.4 Å². The molecule has 0 amide bonds. The summed E-state index contributed by atoms with van der Waals surface area (Å²) in [5.74, 6) is 1.57. The number of nitrogens with zero attached hydrogens (tertiary/aromatic N) is 3. The molecule has 2 aromatic heterocycles. The van der Waals surface area contributed by atoms with Gasteiger partial charge in [-0.15, -0.1) is 0 Å². The molecule has 92 valence electrons. The number of methoxy groups -OCH3 is 1. The van der Waals surface area contributed by atoms with Crippen molar-refractivity contribution in [3.63, 3.8) is 0 Å². The van der Waals surface area contributed by atoms with Crippen molar-refractivity contribution >= 4 is 23.3 Å². The number of aryl methyl sites for hydroxylation is 1. The number of ether oxygens (including phenoxy) is 1. The summed E-state index contributed by atoms with van der Waals surface area (Å²) in [5.41, 5.74) is 1.84. The van der Waals surface area contributed by atoms with Crippen LogP contribution in [0.4, 0.5) is 0 Å². The number of nitrogens with one attached hydrogen (secondary N) is 1. The predicted molar refractivity (Wildman–Crippen MR) is 71.8 cm³/mol. The summed E-state index contributed by atoms with van der Waals surface area (Å²) in [6, 6.07) is 7.74. The lowest BCUT2D eigenvalue weighted by Gasteiger charge is -2.02. The van der Waals surface area contributed by atoms with Crippen molar-refractivity contribution < 1.29 is 4.74 Å². The van der Waals surface area contributed by atoms with E-state index in [1.807, 2.05) is 42.1 Å². The van der Waals surface area contributed by atoms with Gasteiger partial charge in [0.25, 0.3) is 0 Å². The Morgan fingerprint density at radius 2 is 2.17 bits per heavy atom. The SMILES string of the molecule is COc1cccc2c1[nH]c(=S)n2-c1ccn(C)n1. The van der Waals surface area contributed by atoms with E-state index in [9.17, 15) is 0 Å². The lowest BCUT2D eigenvalue weighted by atomic mass is 10.3. The maximum atomic E-state index is 5.35. The summed E-state index contributed by atoms with van der Waals surface area (Å²) in [4.78, 5) is 3.16. The van der Waals surface area contributed by atoms with Gasteiger partial charge < -0.3 is 9.72 Å². The van der Waals surface area contributed by atoms with Gasteiger partial charge in [-0.2, -0.15) is 5.10 Å². The van der Waals surface area contributed by atoms with Crippen LogP contribution < -0.4 is 4.74 Å². The van der Waals surface area contributed by atoms with Crippen molar-refractivity contribution in [2.45, 2.75) is 0 Å². The summed E-state index contributed by atoms with van der Waals surface area (Å²) < 4.78 is 9.57. The Labute approximate surface area is 109 Å². The molecule has 3 rings (SSSR count). The largest absolute Gasteiger partial charge is 0.494 e. The molecule has 0 atom stereocenters. The van der Waals surface area contributed by atoms with Gasteiger partial charge in [0.05, 0.1) is 12.6 Å². The number of rotatable bonds is 2. The highest BCUT2D eigenvalue weighted by Gasteiger charge is 2.11. The van der Waals surface area contributed by atoms with E-state index in [-0.39, 0.29) is 0 Å². The molecule has 5 nitrogen and oxygen atoms in total. The summed E-state index contributed by atoms with van der Waals surface area (Å²) in [7, 11) is 3.52.